The molecule has 0 atom stereocenters. The second kappa shape index (κ2) is 10.8. The Balaban J connectivity index is 0.000000191. The van der Waals surface area contributed by atoms with E-state index in [1.165, 1.54) is 36.7 Å². The van der Waals surface area contributed by atoms with E-state index in [0.29, 0.717) is 16.5 Å². The highest BCUT2D eigenvalue weighted by Crippen LogP contribution is 2.29. The molecule has 176 valence electrons. The molecule has 2 aromatic heterocycles. The summed E-state index contributed by atoms with van der Waals surface area (Å²) in [6, 6.07) is 14.9. The first-order valence-electron chi connectivity index (χ1n) is 10.0. The first-order chi connectivity index (χ1) is 16.2. The van der Waals surface area contributed by atoms with E-state index < -0.39 is 10.0 Å². The summed E-state index contributed by atoms with van der Waals surface area (Å²) in [5, 5.41) is 0.682. The van der Waals surface area contributed by atoms with Crippen molar-refractivity contribution in [1.82, 2.24) is 19.9 Å². The Hall–Kier alpha value is -3.96. The highest BCUT2D eigenvalue weighted by molar-refractivity contribution is 7.92. The SMILES string of the molecule is CCc1nc(N)nc(N)c1-c1ccc(Cl)cc1.Nc1ccc(S(=O)(=O)Nc2ncccn2)cc1. The molecule has 0 amide bonds. The first-order valence-corrected chi connectivity index (χ1v) is 11.9. The quantitative estimate of drug-likeness (QED) is 0.300. The zero-order chi connectivity index (χ0) is 24.7. The fraction of sp³-hybridized carbons (Fsp3) is 0.0909. The van der Waals surface area contributed by atoms with Crippen LogP contribution in [0.4, 0.5) is 23.4 Å². The van der Waals surface area contributed by atoms with Gasteiger partial charge in [-0.2, -0.15) is 4.98 Å². The third kappa shape index (κ3) is 6.30. The van der Waals surface area contributed by atoms with Crippen LogP contribution in [0.5, 0.6) is 0 Å². The molecule has 0 spiro atoms. The van der Waals surface area contributed by atoms with Crippen molar-refractivity contribution < 1.29 is 8.42 Å². The second-order valence-corrected chi connectivity index (χ2v) is 9.01. The van der Waals surface area contributed by atoms with E-state index in [0.717, 1.165) is 23.2 Å². The number of rotatable bonds is 5. The molecule has 0 bridgehead atoms. The van der Waals surface area contributed by atoms with Crippen LogP contribution in [0, 0.1) is 0 Å². The number of aromatic nitrogens is 4. The van der Waals surface area contributed by atoms with Crippen LogP contribution in [0.3, 0.4) is 0 Å². The Morgan fingerprint density at radius 1 is 0.912 bits per heavy atom. The van der Waals surface area contributed by atoms with Crippen molar-refractivity contribution in [3.05, 3.63) is 77.7 Å². The lowest BCUT2D eigenvalue weighted by atomic mass is 10.0. The molecule has 0 saturated heterocycles. The average Bonchev–Trinajstić information content (AvgIpc) is 2.80. The van der Waals surface area contributed by atoms with Crippen LogP contribution in [0.15, 0.2) is 71.9 Å². The van der Waals surface area contributed by atoms with Gasteiger partial charge in [-0.3, -0.25) is 0 Å². The monoisotopic (exact) mass is 498 g/mol. The second-order valence-electron chi connectivity index (χ2n) is 6.90. The first kappa shape index (κ1) is 24.7. The molecule has 10 nitrogen and oxygen atoms in total. The van der Waals surface area contributed by atoms with E-state index in [1.807, 2.05) is 31.2 Å². The van der Waals surface area contributed by atoms with Gasteiger partial charge < -0.3 is 17.2 Å². The molecule has 7 N–H and O–H groups in total. The topological polar surface area (TPSA) is 176 Å². The molecular formula is C22H23ClN8O2S. The normalized spacial score (nSPS) is 10.8. The maximum absolute atomic E-state index is 11.9. The van der Waals surface area contributed by atoms with Crippen LogP contribution in [0.25, 0.3) is 11.1 Å². The predicted octanol–water partition coefficient (Wildman–Crippen LogP) is 3.38. The van der Waals surface area contributed by atoms with Crippen molar-refractivity contribution in [2.24, 2.45) is 0 Å². The van der Waals surface area contributed by atoms with Crippen molar-refractivity contribution in [3.63, 3.8) is 0 Å². The predicted molar refractivity (Wildman–Crippen MR) is 134 cm³/mol. The maximum Gasteiger partial charge on any atom is 0.264 e. The number of hydrogen-bond donors (Lipinski definition) is 4. The standard InChI is InChI=1S/C12H13ClN4.C10H10N4O2S/c1-2-9-10(11(14)17-12(15)16-9)7-3-5-8(13)6-4-7;11-8-2-4-9(5-3-8)17(15,16)14-10-12-6-1-7-13-10/h3-6H,2H2,1H3,(H4,14,15,16,17);1-7H,11H2,(H,12,13,14). The molecule has 34 heavy (non-hydrogen) atoms. The Morgan fingerprint density at radius 3 is 2.12 bits per heavy atom. The zero-order valence-electron chi connectivity index (χ0n) is 18.2. The van der Waals surface area contributed by atoms with E-state index in [-0.39, 0.29) is 16.8 Å². The molecule has 0 unspecified atom stereocenters. The van der Waals surface area contributed by atoms with Crippen LogP contribution in [-0.2, 0) is 16.4 Å². The Morgan fingerprint density at radius 2 is 1.53 bits per heavy atom. The zero-order valence-corrected chi connectivity index (χ0v) is 19.8. The van der Waals surface area contributed by atoms with Gasteiger partial charge in [0.25, 0.3) is 10.0 Å². The number of nitrogen functional groups attached to an aromatic ring is 3. The van der Waals surface area contributed by atoms with Crippen LogP contribution >= 0.6 is 11.6 Å². The van der Waals surface area contributed by atoms with Crippen molar-refractivity contribution in [3.8, 4) is 11.1 Å². The number of benzene rings is 2. The van der Waals surface area contributed by atoms with Crippen LogP contribution in [0.1, 0.15) is 12.6 Å². The molecule has 2 aromatic carbocycles. The lowest BCUT2D eigenvalue weighted by molar-refractivity contribution is 0.601. The molecule has 12 heteroatoms. The Bertz CT molecular complexity index is 1350. The molecular weight excluding hydrogens is 476 g/mol. The largest absolute Gasteiger partial charge is 0.399 e. The van der Waals surface area contributed by atoms with E-state index >= 15 is 0 Å². The third-order valence-corrected chi connectivity index (χ3v) is 6.07. The fourth-order valence-electron chi connectivity index (χ4n) is 2.91. The van der Waals surface area contributed by atoms with Crippen LogP contribution < -0.4 is 21.9 Å². The fourth-order valence-corrected chi connectivity index (χ4v) is 4.00. The van der Waals surface area contributed by atoms with Crippen molar-refractivity contribution in [1.29, 1.82) is 0 Å². The maximum atomic E-state index is 11.9. The smallest absolute Gasteiger partial charge is 0.264 e. The number of hydrogen-bond acceptors (Lipinski definition) is 9. The lowest BCUT2D eigenvalue weighted by Gasteiger charge is -2.10. The molecule has 0 aliphatic heterocycles. The number of nitrogens with zero attached hydrogens (tertiary/aromatic N) is 4. The number of anilines is 4. The Labute approximate surface area is 202 Å². The van der Waals surface area contributed by atoms with E-state index in [9.17, 15) is 8.42 Å². The number of halogens is 1. The van der Waals surface area contributed by atoms with Crippen LogP contribution in [0.2, 0.25) is 5.02 Å². The van der Waals surface area contributed by atoms with Crippen molar-refractivity contribution >= 4 is 45.0 Å². The van der Waals surface area contributed by atoms with Crippen molar-refractivity contribution in [2.45, 2.75) is 18.2 Å². The minimum Gasteiger partial charge on any atom is -0.399 e. The number of nitrogens with two attached hydrogens (primary N) is 3. The van der Waals surface area contributed by atoms with Gasteiger partial charge in [0, 0.05) is 28.7 Å². The summed E-state index contributed by atoms with van der Waals surface area (Å²) in [5.74, 6) is 0.637. The van der Waals surface area contributed by atoms with E-state index in [2.05, 4.69) is 24.7 Å². The molecule has 0 saturated carbocycles. The van der Waals surface area contributed by atoms with Gasteiger partial charge in [-0.15, -0.1) is 0 Å². The van der Waals surface area contributed by atoms with Gasteiger partial charge in [-0.1, -0.05) is 30.7 Å². The molecule has 0 radical (unpaired) electrons. The summed E-state index contributed by atoms with van der Waals surface area (Å²) >= 11 is 5.86. The highest BCUT2D eigenvalue weighted by atomic mass is 35.5. The molecule has 4 aromatic rings. The molecule has 0 aliphatic rings. The summed E-state index contributed by atoms with van der Waals surface area (Å²) in [6.07, 6.45) is 3.65. The molecule has 0 fully saturated rings. The number of aryl methyl sites for hydroxylation is 1. The summed E-state index contributed by atoms with van der Waals surface area (Å²) in [7, 11) is -3.66. The van der Waals surface area contributed by atoms with E-state index in [1.54, 1.807) is 6.07 Å². The highest BCUT2D eigenvalue weighted by Gasteiger charge is 2.15. The minimum absolute atomic E-state index is 0.0318. The van der Waals surface area contributed by atoms with Gasteiger partial charge in [-0.25, -0.2) is 28.1 Å². The van der Waals surface area contributed by atoms with Gasteiger partial charge >= 0.3 is 0 Å². The lowest BCUT2D eigenvalue weighted by Crippen LogP contribution is -2.14. The third-order valence-electron chi connectivity index (χ3n) is 4.48. The molecule has 2 heterocycles. The minimum atomic E-state index is -3.66. The number of nitrogens with one attached hydrogen (secondary N) is 1. The van der Waals surface area contributed by atoms with Gasteiger partial charge in [0.15, 0.2) is 0 Å². The molecule has 0 aliphatic carbocycles. The average molecular weight is 499 g/mol. The van der Waals surface area contributed by atoms with Crippen LogP contribution in [-0.4, -0.2) is 28.4 Å². The summed E-state index contributed by atoms with van der Waals surface area (Å²) in [4.78, 5) is 15.9. The summed E-state index contributed by atoms with van der Waals surface area (Å²) in [6.45, 7) is 2.00. The Kier molecular flexibility index (Phi) is 7.82. The summed E-state index contributed by atoms with van der Waals surface area (Å²) in [5.41, 5.74) is 20.1. The van der Waals surface area contributed by atoms with Crippen molar-refractivity contribution in [2.75, 3.05) is 21.9 Å². The van der Waals surface area contributed by atoms with Gasteiger partial charge in [0.05, 0.1) is 10.6 Å². The van der Waals surface area contributed by atoms with E-state index in [4.69, 9.17) is 28.8 Å². The molecule has 4 rings (SSSR count). The van der Waals surface area contributed by atoms with Gasteiger partial charge in [0.2, 0.25) is 11.9 Å². The summed E-state index contributed by atoms with van der Waals surface area (Å²) < 4.78 is 26.0. The van der Waals surface area contributed by atoms with Gasteiger partial charge in [0.1, 0.15) is 5.82 Å². The number of sulfonamides is 1. The van der Waals surface area contributed by atoms with Gasteiger partial charge in [-0.05, 0) is 54.4 Å².